The molecule has 1 amide bonds. The highest BCUT2D eigenvalue weighted by Crippen LogP contribution is 2.60. The number of carbonyl (C=O) groups is 1. The van der Waals surface area contributed by atoms with Crippen LogP contribution in [-0.4, -0.2) is 17.8 Å². The van der Waals surface area contributed by atoms with Crippen molar-refractivity contribution in [1.82, 2.24) is 0 Å². The van der Waals surface area contributed by atoms with Gasteiger partial charge >= 0.3 is 0 Å². The van der Waals surface area contributed by atoms with E-state index in [0.717, 1.165) is 12.1 Å². The van der Waals surface area contributed by atoms with Gasteiger partial charge in [0.15, 0.2) is 0 Å². The van der Waals surface area contributed by atoms with E-state index < -0.39 is 17.2 Å². The summed E-state index contributed by atoms with van der Waals surface area (Å²) in [5.74, 6) is -1.13. The molecule has 4 nitrogen and oxygen atoms in total. The maximum Gasteiger partial charge on any atom is 0.235 e. The number of hydrogen-bond donors (Lipinski definition) is 2. The molecule has 0 radical (unpaired) electrons. The summed E-state index contributed by atoms with van der Waals surface area (Å²) < 4.78 is 0. The van der Waals surface area contributed by atoms with Crippen molar-refractivity contribution < 1.29 is 4.79 Å². The van der Waals surface area contributed by atoms with E-state index in [1.807, 2.05) is 64.2 Å². The summed E-state index contributed by atoms with van der Waals surface area (Å²) >= 11 is 6.14. The Balaban J connectivity index is 0.000000255. The minimum absolute atomic E-state index is 0.189. The van der Waals surface area contributed by atoms with Gasteiger partial charge in [-0.25, -0.2) is 0 Å². The van der Waals surface area contributed by atoms with Crippen molar-refractivity contribution in [3.05, 3.63) is 30.3 Å². The molecule has 22 heavy (non-hydrogen) atoms. The van der Waals surface area contributed by atoms with Crippen LogP contribution in [0.5, 0.6) is 0 Å². The third kappa shape index (κ3) is 4.38. The number of nitrogens with two attached hydrogens (primary N) is 1. The minimum Gasteiger partial charge on any atom is -0.388 e. The number of nitrogens with zero attached hydrogens (tertiary/aromatic N) is 1. The third-order valence-corrected chi connectivity index (χ3v) is 4.71. The van der Waals surface area contributed by atoms with E-state index in [9.17, 15) is 4.79 Å². The summed E-state index contributed by atoms with van der Waals surface area (Å²) in [6.45, 7) is 5.68. The van der Waals surface area contributed by atoms with Gasteiger partial charge in [0.05, 0.1) is 6.07 Å². The Hall–Kier alpha value is -1.73. The lowest BCUT2D eigenvalue weighted by Gasteiger charge is -2.28. The molecule has 0 bridgehead atoms. The van der Waals surface area contributed by atoms with Crippen LogP contribution in [-0.2, 0) is 4.79 Å². The summed E-state index contributed by atoms with van der Waals surface area (Å²) in [6.07, 6.45) is 0.840. The number of anilines is 1. The van der Waals surface area contributed by atoms with Gasteiger partial charge in [0, 0.05) is 17.6 Å². The first-order valence-electron chi connectivity index (χ1n) is 7.27. The van der Waals surface area contributed by atoms with Gasteiger partial charge in [0.1, 0.15) is 5.92 Å². The maximum absolute atomic E-state index is 11.1. The number of halogens is 1. The van der Waals surface area contributed by atoms with E-state index in [0.29, 0.717) is 0 Å². The van der Waals surface area contributed by atoms with E-state index in [-0.39, 0.29) is 10.8 Å². The Bertz CT molecular complexity index is 549. The molecule has 1 saturated carbocycles. The quantitative estimate of drug-likeness (QED) is 0.834. The molecule has 1 fully saturated rings. The molecular formula is C17H24ClN3O. The van der Waals surface area contributed by atoms with E-state index in [4.69, 9.17) is 22.6 Å². The summed E-state index contributed by atoms with van der Waals surface area (Å²) in [5, 5.41) is 11.9. The molecule has 5 heteroatoms. The highest BCUT2D eigenvalue weighted by Gasteiger charge is 2.59. The summed E-state index contributed by atoms with van der Waals surface area (Å²) in [4.78, 5) is 10.8. The number of carbonyl (C=O) groups excluding carboxylic acids is 1. The van der Waals surface area contributed by atoms with Gasteiger partial charge in [-0.2, -0.15) is 5.26 Å². The van der Waals surface area contributed by atoms with Gasteiger partial charge in [0.25, 0.3) is 0 Å². The van der Waals surface area contributed by atoms with Gasteiger partial charge in [-0.05, 0) is 36.8 Å². The predicted octanol–water partition coefficient (Wildman–Crippen LogP) is 3.38. The van der Waals surface area contributed by atoms with Gasteiger partial charge in [-0.1, -0.05) is 32.0 Å². The van der Waals surface area contributed by atoms with E-state index in [2.05, 4.69) is 5.32 Å². The van der Waals surface area contributed by atoms with Crippen LogP contribution in [0.2, 0.25) is 0 Å². The number of rotatable bonds is 4. The Labute approximate surface area is 137 Å². The molecule has 1 aromatic carbocycles. The Morgan fingerprint density at radius 1 is 1.50 bits per heavy atom. The summed E-state index contributed by atoms with van der Waals surface area (Å²) in [5.41, 5.74) is 5.91. The first kappa shape index (κ1) is 18.3. The first-order valence-corrected chi connectivity index (χ1v) is 7.65. The molecule has 3 N–H and O–H groups in total. The van der Waals surface area contributed by atoms with Crippen LogP contribution < -0.4 is 11.1 Å². The summed E-state index contributed by atoms with van der Waals surface area (Å²) in [6, 6.07) is 12.0. The molecule has 1 aromatic rings. The Kier molecular flexibility index (Phi) is 5.85. The average Bonchev–Trinajstić information content (AvgIpc) is 3.10. The van der Waals surface area contributed by atoms with Crippen LogP contribution in [0.3, 0.4) is 0 Å². The molecular weight excluding hydrogens is 298 g/mol. The van der Waals surface area contributed by atoms with Gasteiger partial charge in [0.2, 0.25) is 5.91 Å². The molecule has 1 aliphatic carbocycles. The zero-order chi connectivity index (χ0) is 17.0. The molecule has 0 aliphatic heterocycles. The second-order valence-electron chi connectivity index (χ2n) is 6.44. The van der Waals surface area contributed by atoms with Crippen LogP contribution in [0.4, 0.5) is 5.69 Å². The van der Waals surface area contributed by atoms with Crippen molar-refractivity contribution >= 4 is 23.2 Å². The van der Waals surface area contributed by atoms with Crippen molar-refractivity contribution in [3.8, 4) is 6.07 Å². The second-order valence-corrected chi connectivity index (χ2v) is 7.30. The molecule has 0 aromatic heterocycles. The first-order chi connectivity index (χ1) is 10.2. The third-order valence-electron chi connectivity index (χ3n) is 4.29. The zero-order valence-corrected chi connectivity index (χ0v) is 14.3. The number of alkyl halides is 1. The topological polar surface area (TPSA) is 78.9 Å². The lowest BCUT2D eigenvalue weighted by Crippen LogP contribution is -2.37. The SMILES string of the molecule is CC1(Cl)CC1C(C)(C)C(C#N)C(N)=O.CNc1ccccc1. The van der Waals surface area contributed by atoms with Crippen molar-refractivity contribution in [2.24, 2.45) is 23.0 Å². The largest absolute Gasteiger partial charge is 0.388 e. The fourth-order valence-corrected chi connectivity index (χ4v) is 3.22. The number of nitriles is 1. The minimum atomic E-state index is -0.756. The molecule has 3 atom stereocenters. The number of primary amides is 1. The molecule has 2 rings (SSSR count). The Morgan fingerprint density at radius 3 is 2.27 bits per heavy atom. The van der Waals surface area contributed by atoms with Crippen LogP contribution in [0, 0.1) is 28.6 Å². The van der Waals surface area contributed by atoms with E-state index >= 15 is 0 Å². The number of benzene rings is 1. The van der Waals surface area contributed by atoms with Crippen LogP contribution in [0.15, 0.2) is 30.3 Å². The van der Waals surface area contributed by atoms with E-state index in [1.165, 1.54) is 0 Å². The molecule has 0 spiro atoms. The monoisotopic (exact) mass is 321 g/mol. The van der Waals surface area contributed by atoms with Crippen molar-refractivity contribution in [2.45, 2.75) is 32.1 Å². The van der Waals surface area contributed by atoms with Crippen LogP contribution >= 0.6 is 11.6 Å². The highest BCUT2D eigenvalue weighted by atomic mass is 35.5. The zero-order valence-electron chi connectivity index (χ0n) is 13.6. The van der Waals surface area contributed by atoms with Gasteiger partial charge < -0.3 is 11.1 Å². The second kappa shape index (κ2) is 7.02. The predicted molar refractivity (Wildman–Crippen MR) is 90.4 cm³/mol. The molecule has 0 heterocycles. The maximum atomic E-state index is 11.1. The van der Waals surface area contributed by atoms with Gasteiger partial charge in [-0.15, -0.1) is 11.6 Å². The molecule has 120 valence electrons. The van der Waals surface area contributed by atoms with Crippen molar-refractivity contribution in [1.29, 1.82) is 5.26 Å². The highest BCUT2D eigenvalue weighted by molar-refractivity contribution is 6.26. The fraction of sp³-hybridized carbons (Fsp3) is 0.529. The number of nitrogens with one attached hydrogen (secondary N) is 1. The summed E-state index contributed by atoms with van der Waals surface area (Å²) in [7, 11) is 1.91. The molecule has 3 unspecified atom stereocenters. The van der Waals surface area contributed by atoms with E-state index in [1.54, 1.807) is 0 Å². The number of para-hydroxylation sites is 1. The lowest BCUT2D eigenvalue weighted by atomic mass is 9.74. The standard InChI is InChI=1S/C10H15ClN2O.C7H9N/c1-9(2,6(5-12)8(13)14)7-4-10(7,3)11;1-8-7-5-3-2-4-6-7/h6-7H,4H2,1-3H3,(H2,13,14);2-6,8H,1H3. The van der Waals surface area contributed by atoms with Crippen LogP contribution in [0.25, 0.3) is 0 Å². The number of amides is 1. The number of hydrogen-bond acceptors (Lipinski definition) is 3. The van der Waals surface area contributed by atoms with Crippen LogP contribution in [0.1, 0.15) is 27.2 Å². The smallest absolute Gasteiger partial charge is 0.235 e. The fourth-order valence-electron chi connectivity index (χ4n) is 2.78. The van der Waals surface area contributed by atoms with Crippen molar-refractivity contribution in [2.75, 3.05) is 12.4 Å². The molecule has 1 aliphatic rings. The Morgan fingerprint density at radius 2 is 2.00 bits per heavy atom. The van der Waals surface area contributed by atoms with Crippen molar-refractivity contribution in [3.63, 3.8) is 0 Å². The molecule has 0 saturated heterocycles. The lowest BCUT2D eigenvalue weighted by molar-refractivity contribution is -0.123. The average molecular weight is 322 g/mol. The normalized spacial score (nSPS) is 24.3. The van der Waals surface area contributed by atoms with Gasteiger partial charge in [-0.3, -0.25) is 4.79 Å².